The summed E-state index contributed by atoms with van der Waals surface area (Å²) in [4.78, 5) is 2.48. The third-order valence-electron chi connectivity index (χ3n) is 3.82. The molecule has 1 heterocycles. The molecule has 3 heteroatoms. The molecular weight excluding hydrogens is 244 g/mol. The van der Waals surface area contributed by atoms with Gasteiger partial charge in [0.2, 0.25) is 0 Å². The van der Waals surface area contributed by atoms with Crippen molar-refractivity contribution in [3.05, 3.63) is 34.3 Å². The zero-order chi connectivity index (χ0) is 13.0. The molecule has 1 aromatic rings. The Morgan fingerprint density at radius 3 is 2.67 bits per heavy atom. The number of rotatable bonds is 4. The van der Waals surface area contributed by atoms with Crippen LogP contribution in [0.25, 0.3) is 0 Å². The van der Waals surface area contributed by atoms with E-state index < -0.39 is 0 Å². The molecular formula is C15H23ClN2. The van der Waals surface area contributed by atoms with Crippen LogP contribution in [0.15, 0.2) is 18.2 Å². The van der Waals surface area contributed by atoms with Gasteiger partial charge in [0, 0.05) is 37.7 Å². The largest absolute Gasteiger partial charge is 0.314 e. The Bertz CT molecular complexity index is 386. The van der Waals surface area contributed by atoms with Crippen LogP contribution in [0.2, 0.25) is 5.02 Å². The molecule has 0 radical (unpaired) electrons. The van der Waals surface area contributed by atoms with E-state index in [1.54, 1.807) is 0 Å². The molecule has 1 aromatic carbocycles. The third-order valence-corrected chi connectivity index (χ3v) is 4.15. The molecule has 1 fully saturated rings. The molecule has 0 saturated carbocycles. The van der Waals surface area contributed by atoms with Crippen molar-refractivity contribution in [2.45, 2.75) is 32.7 Å². The summed E-state index contributed by atoms with van der Waals surface area (Å²) in [6, 6.07) is 6.58. The van der Waals surface area contributed by atoms with Crippen molar-refractivity contribution >= 4 is 11.6 Å². The van der Waals surface area contributed by atoms with Crippen LogP contribution in [0.5, 0.6) is 0 Å². The van der Waals surface area contributed by atoms with E-state index in [2.05, 4.69) is 42.3 Å². The lowest BCUT2D eigenvalue weighted by atomic mass is 9.97. The first-order valence-corrected chi connectivity index (χ1v) is 7.30. The van der Waals surface area contributed by atoms with E-state index in [-0.39, 0.29) is 0 Å². The molecule has 2 rings (SSSR count). The van der Waals surface area contributed by atoms with E-state index in [4.69, 9.17) is 11.6 Å². The molecule has 0 aliphatic carbocycles. The second-order valence-electron chi connectivity index (χ2n) is 5.19. The van der Waals surface area contributed by atoms with Crippen LogP contribution in [-0.4, -0.2) is 31.1 Å². The molecule has 18 heavy (non-hydrogen) atoms. The summed E-state index contributed by atoms with van der Waals surface area (Å²) in [5.41, 5.74) is 2.61. The first kappa shape index (κ1) is 13.9. The molecule has 100 valence electrons. The van der Waals surface area contributed by atoms with Crippen LogP contribution in [0.1, 0.15) is 37.3 Å². The third kappa shape index (κ3) is 3.47. The minimum absolute atomic E-state index is 0.547. The Labute approximate surface area is 115 Å². The first-order chi connectivity index (χ1) is 8.70. The van der Waals surface area contributed by atoms with Crippen molar-refractivity contribution in [1.29, 1.82) is 0 Å². The van der Waals surface area contributed by atoms with Crippen molar-refractivity contribution in [3.8, 4) is 0 Å². The Balaban J connectivity index is 2.03. The smallest absolute Gasteiger partial charge is 0.0443 e. The molecule has 1 aliphatic heterocycles. The number of nitrogens with zero attached hydrogens (tertiary/aromatic N) is 1. The summed E-state index contributed by atoms with van der Waals surface area (Å²) in [5, 5.41) is 4.30. The van der Waals surface area contributed by atoms with Crippen LogP contribution >= 0.6 is 11.6 Å². The van der Waals surface area contributed by atoms with E-state index in [0.29, 0.717) is 5.92 Å². The molecule has 0 spiro atoms. The van der Waals surface area contributed by atoms with E-state index >= 15 is 0 Å². The van der Waals surface area contributed by atoms with E-state index in [9.17, 15) is 0 Å². The first-order valence-electron chi connectivity index (χ1n) is 6.92. The van der Waals surface area contributed by atoms with Gasteiger partial charge in [0.05, 0.1) is 0 Å². The summed E-state index contributed by atoms with van der Waals surface area (Å²) in [7, 11) is 0. The van der Waals surface area contributed by atoms with E-state index in [1.165, 1.54) is 11.1 Å². The summed E-state index contributed by atoms with van der Waals surface area (Å²) in [6.45, 7) is 9.90. The van der Waals surface area contributed by atoms with E-state index in [1.807, 2.05) is 0 Å². The normalized spacial score (nSPS) is 18.8. The number of hydrogen-bond donors (Lipinski definition) is 1. The number of halogens is 1. The van der Waals surface area contributed by atoms with Crippen molar-refractivity contribution in [2.75, 3.05) is 26.2 Å². The van der Waals surface area contributed by atoms with Gasteiger partial charge in [-0.2, -0.15) is 0 Å². The average Bonchev–Trinajstić information content (AvgIpc) is 2.39. The minimum Gasteiger partial charge on any atom is -0.314 e. The minimum atomic E-state index is 0.547. The highest BCUT2D eigenvalue weighted by molar-refractivity contribution is 6.31. The molecule has 0 amide bonds. The van der Waals surface area contributed by atoms with Gasteiger partial charge >= 0.3 is 0 Å². The Morgan fingerprint density at radius 2 is 2.06 bits per heavy atom. The van der Waals surface area contributed by atoms with Crippen LogP contribution in [-0.2, 0) is 6.54 Å². The topological polar surface area (TPSA) is 15.3 Å². The Kier molecular flexibility index (Phi) is 5.04. The average molecular weight is 267 g/mol. The number of hydrogen-bond acceptors (Lipinski definition) is 2. The van der Waals surface area contributed by atoms with Crippen LogP contribution < -0.4 is 5.32 Å². The fourth-order valence-electron chi connectivity index (χ4n) is 2.42. The quantitative estimate of drug-likeness (QED) is 0.900. The van der Waals surface area contributed by atoms with Crippen LogP contribution in [0, 0.1) is 0 Å². The molecule has 1 atom stereocenters. The lowest BCUT2D eigenvalue weighted by molar-refractivity contribution is 0.233. The lowest BCUT2D eigenvalue weighted by Gasteiger charge is -2.27. The molecule has 0 aromatic heterocycles. The molecule has 2 nitrogen and oxygen atoms in total. The monoisotopic (exact) mass is 266 g/mol. The van der Waals surface area contributed by atoms with Gasteiger partial charge in [0.25, 0.3) is 0 Å². The fourth-order valence-corrected chi connectivity index (χ4v) is 2.81. The molecule has 1 N–H and O–H groups in total. The maximum atomic E-state index is 6.39. The van der Waals surface area contributed by atoms with Crippen molar-refractivity contribution in [3.63, 3.8) is 0 Å². The van der Waals surface area contributed by atoms with Gasteiger partial charge in [-0.25, -0.2) is 0 Å². The summed E-state index contributed by atoms with van der Waals surface area (Å²) in [6.07, 6.45) is 1.14. The second kappa shape index (κ2) is 6.55. The molecule has 1 saturated heterocycles. The van der Waals surface area contributed by atoms with Gasteiger partial charge in [0.1, 0.15) is 0 Å². The SMILES string of the molecule is CCC(C)c1ccc(CN2CCNCC2)cc1Cl. The van der Waals surface area contributed by atoms with E-state index in [0.717, 1.165) is 44.2 Å². The zero-order valence-corrected chi connectivity index (χ0v) is 12.1. The van der Waals surface area contributed by atoms with Gasteiger partial charge in [-0.05, 0) is 29.5 Å². The Morgan fingerprint density at radius 1 is 1.33 bits per heavy atom. The number of benzene rings is 1. The van der Waals surface area contributed by atoms with Crippen molar-refractivity contribution in [2.24, 2.45) is 0 Å². The van der Waals surface area contributed by atoms with Gasteiger partial charge in [-0.3, -0.25) is 4.90 Å². The molecule has 1 unspecified atom stereocenters. The fraction of sp³-hybridized carbons (Fsp3) is 0.600. The highest BCUT2D eigenvalue weighted by Crippen LogP contribution is 2.27. The molecule has 0 bridgehead atoms. The van der Waals surface area contributed by atoms with Gasteiger partial charge in [-0.1, -0.05) is 37.6 Å². The van der Waals surface area contributed by atoms with Gasteiger partial charge in [-0.15, -0.1) is 0 Å². The maximum Gasteiger partial charge on any atom is 0.0443 e. The zero-order valence-electron chi connectivity index (χ0n) is 11.4. The Hall–Kier alpha value is -0.570. The summed E-state index contributed by atoms with van der Waals surface area (Å²) in [5.74, 6) is 0.547. The summed E-state index contributed by atoms with van der Waals surface area (Å²) >= 11 is 6.39. The van der Waals surface area contributed by atoms with Crippen LogP contribution in [0.4, 0.5) is 0 Å². The maximum absolute atomic E-state index is 6.39. The second-order valence-corrected chi connectivity index (χ2v) is 5.60. The highest BCUT2D eigenvalue weighted by atomic mass is 35.5. The molecule has 1 aliphatic rings. The lowest BCUT2D eigenvalue weighted by Crippen LogP contribution is -2.42. The van der Waals surface area contributed by atoms with Crippen LogP contribution in [0.3, 0.4) is 0 Å². The summed E-state index contributed by atoms with van der Waals surface area (Å²) < 4.78 is 0. The standard InChI is InChI=1S/C15H23ClN2/c1-3-12(2)14-5-4-13(10-15(14)16)11-18-8-6-17-7-9-18/h4-5,10,12,17H,3,6-9,11H2,1-2H3. The predicted molar refractivity (Wildman–Crippen MR) is 78.3 cm³/mol. The number of nitrogens with one attached hydrogen (secondary N) is 1. The number of piperazine rings is 1. The predicted octanol–water partition coefficient (Wildman–Crippen LogP) is 3.26. The van der Waals surface area contributed by atoms with Gasteiger partial charge < -0.3 is 5.32 Å². The van der Waals surface area contributed by atoms with Gasteiger partial charge in [0.15, 0.2) is 0 Å². The van der Waals surface area contributed by atoms with Crippen molar-refractivity contribution in [1.82, 2.24) is 10.2 Å². The highest BCUT2D eigenvalue weighted by Gasteiger charge is 2.12. The van der Waals surface area contributed by atoms with Crippen molar-refractivity contribution < 1.29 is 0 Å².